The number of fused-ring (bicyclic) bond motifs is 4. The summed E-state index contributed by atoms with van der Waals surface area (Å²) in [5, 5.41) is 23.3. The number of imide groups is 1. The Morgan fingerprint density at radius 1 is 0.851 bits per heavy atom. The lowest BCUT2D eigenvalue weighted by Crippen LogP contribution is -2.60. The van der Waals surface area contributed by atoms with Crippen LogP contribution in [0.5, 0.6) is 0 Å². The van der Waals surface area contributed by atoms with Crippen LogP contribution < -0.4 is 27.0 Å². The number of carboxylic acids is 1. The van der Waals surface area contributed by atoms with Crippen molar-refractivity contribution >= 4 is 75.4 Å². The number of carboxylic acid groups (broad SMARTS) is 1. The number of benzene rings is 3. The van der Waals surface area contributed by atoms with E-state index in [0.717, 1.165) is 19.3 Å². The van der Waals surface area contributed by atoms with Crippen LogP contribution in [0.2, 0.25) is 10.0 Å². The van der Waals surface area contributed by atoms with E-state index < -0.39 is 63.7 Å². The van der Waals surface area contributed by atoms with Gasteiger partial charge in [-0.25, -0.2) is 9.18 Å². The number of anilines is 1. The van der Waals surface area contributed by atoms with Crippen molar-refractivity contribution in [1.29, 1.82) is 0 Å². The molecule has 10 rings (SSSR count). The van der Waals surface area contributed by atoms with Gasteiger partial charge < -0.3 is 20.6 Å². The smallest absolute Gasteiger partial charge is 0.329 e. The van der Waals surface area contributed by atoms with Crippen LogP contribution in [0.1, 0.15) is 112 Å². The summed E-state index contributed by atoms with van der Waals surface area (Å²) in [5.41, 5.74) is -1.22. The summed E-state index contributed by atoms with van der Waals surface area (Å²) in [6, 6.07) is 12.8. The number of likely N-dealkylation sites (tertiary alicyclic amines) is 1. The number of hydrogen-bond donors (Lipinski definition) is 5. The molecule has 0 bridgehead atoms. The van der Waals surface area contributed by atoms with Gasteiger partial charge in [-0.1, -0.05) is 66.7 Å². The van der Waals surface area contributed by atoms with Gasteiger partial charge in [-0.2, -0.15) is 0 Å². The summed E-state index contributed by atoms with van der Waals surface area (Å²) in [5.74, 6) is -4.71. The number of rotatable bonds is 7. The van der Waals surface area contributed by atoms with Crippen LogP contribution in [0.15, 0.2) is 59.4 Å². The molecule has 15 nitrogen and oxygen atoms in total. The summed E-state index contributed by atoms with van der Waals surface area (Å²) in [4.78, 5) is 96.4. The number of imidazole rings is 1. The molecule has 2 spiro atoms. The molecular weight excluding hydrogens is 904 g/mol. The zero-order valence-corrected chi connectivity index (χ0v) is 38.5. The van der Waals surface area contributed by atoms with Crippen LogP contribution in [0.25, 0.3) is 11.0 Å². The van der Waals surface area contributed by atoms with Gasteiger partial charge in [0.05, 0.1) is 27.5 Å². The minimum atomic E-state index is -1.35. The summed E-state index contributed by atoms with van der Waals surface area (Å²) in [7, 11) is 1.56. The van der Waals surface area contributed by atoms with Gasteiger partial charge in [0, 0.05) is 60.7 Å². The standard InChI is InChI=1S/C49H52Cl2FN7O8/c1-57-36-24-27(10-15-34(36)59(46(57)67)35-16-17-37(60)55-41(35)61)47(45(65)66)20-22-58(23-21-47)43(63)26-8-12-29(13-9-26)53-42(62)40-38(30-6-5-7-32(51)39(30)52)49(48(56-40)18-3-2-4-19-48)31-14-11-28(50)25-33(31)54-44(49)64/h5-7,10-11,14-15,24-26,29,35,38,40,56H,2-4,8-9,12-13,16-23H2,1H3,(H,53,62)(H,54,64)(H,65,66)(H,55,60,61)/t26?,29?,35?,38-,40+,49?/m0/s1. The molecule has 2 saturated carbocycles. The third-order valence-corrected chi connectivity index (χ3v) is 16.8. The summed E-state index contributed by atoms with van der Waals surface area (Å²) >= 11 is 12.8. The Balaban J connectivity index is 0.839. The molecule has 3 aromatic carbocycles. The maximum absolute atomic E-state index is 16.4. The molecule has 5 N–H and O–H groups in total. The van der Waals surface area contributed by atoms with Crippen molar-refractivity contribution in [1.82, 2.24) is 30.0 Å². The van der Waals surface area contributed by atoms with Gasteiger partial charge in [-0.15, -0.1) is 0 Å². The van der Waals surface area contributed by atoms with E-state index in [0.29, 0.717) is 71.4 Å². The number of halogens is 3. The van der Waals surface area contributed by atoms with Crippen LogP contribution in [0.4, 0.5) is 10.1 Å². The van der Waals surface area contributed by atoms with E-state index in [-0.39, 0.29) is 79.0 Å². The summed E-state index contributed by atoms with van der Waals surface area (Å²) in [6.07, 6.45) is 6.35. The zero-order chi connectivity index (χ0) is 47.2. The maximum Gasteiger partial charge on any atom is 0.329 e. The van der Waals surface area contributed by atoms with E-state index in [1.807, 2.05) is 6.07 Å². The van der Waals surface area contributed by atoms with Crippen LogP contribution in [-0.4, -0.2) is 85.4 Å². The number of aliphatic carboxylic acids is 1. The fourth-order valence-corrected chi connectivity index (χ4v) is 13.2. The number of amides is 5. The van der Waals surface area contributed by atoms with E-state index in [2.05, 4.69) is 21.3 Å². The van der Waals surface area contributed by atoms with E-state index in [1.165, 1.54) is 15.2 Å². The van der Waals surface area contributed by atoms with Gasteiger partial charge in [0.2, 0.25) is 29.5 Å². The molecule has 5 amide bonds. The minimum Gasteiger partial charge on any atom is -0.481 e. The molecule has 4 aromatic rings. The van der Waals surface area contributed by atoms with Crippen LogP contribution >= 0.6 is 23.2 Å². The van der Waals surface area contributed by atoms with E-state index in [4.69, 9.17) is 23.2 Å². The van der Waals surface area contributed by atoms with Crippen LogP contribution in [0.3, 0.4) is 0 Å². The number of nitrogens with zero attached hydrogens (tertiary/aromatic N) is 3. The minimum absolute atomic E-state index is 0.0657. The van der Waals surface area contributed by atoms with E-state index in [1.54, 1.807) is 54.4 Å². The third kappa shape index (κ3) is 7.02. The second kappa shape index (κ2) is 16.9. The van der Waals surface area contributed by atoms with Gasteiger partial charge >= 0.3 is 11.7 Å². The number of aryl methyl sites for hydroxylation is 1. The van der Waals surface area contributed by atoms with Gasteiger partial charge in [-0.3, -0.25) is 48.5 Å². The van der Waals surface area contributed by atoms with Gasteiger partial charge in [0.25, 0.3) is 0 Å². The Morgan fingerprint density at radius 2 is 1.58 bits per heavy atom. The highest BCUT2D eigenvalue weighted by atomic mass is 35.5. The van der Waals surface area contributed by atoms with Crippen molar-refractivity contribution < 1.29 is 38.3 Å². The molecule has 67 heavy (non-hydrogen) atoms. The highest BCUT2D eigenvalue weighted by Gasteiger charge is 2.72. The molecule has 352 valence electrons. The SMILES string of the molecule is Cn1c(=O)n(C2CCC(=O)NC2=O)c2ccc(C3(C(=O)O)CCN(C(=O)C4CCC(NC(=O)[C@@H]5NC6(CCCCC6)C6(C(=O)Nc7cc(Cl)ccc76)[C@H]5c5cccc(Cl)c5F)CC4)CC3)cc21. The number of nitrogens with one attached hydrogen (secondary N) is 4. The number of hydrogen-bond acceptors (Lipinski definition) is 8. The first kappa shape index (κ1) is 45.2. The Bertz CT molecular complexity index is 2820. The lowest BCUT2D eigenvalue weighted by molar-refractivity contribution is -0.149. The molecule has 5 fully saturated rings. The Morgan fingerprint density at radius 3 is 2.28 bits per heavy atom. The second-order valence-electron chi connectivity index (χ2n) is 19.5. The van der Waals surface area contributed by atoms with Crippen LogP contribution in [0, 0.1) is 11.7 Å². The quantitative estimate of drug-likeness (QED) is 0.144. The number of aromatic nitrogens is 2. The normalized spacial score (nSPS) is 27.8. The molecular formula is C49H52Cl2FN7O8. The van der Waals surface area contributed by atoms with Crippen molar-refractivity contribution in [3.63, 3.8) is 0 Å². The van der Waals surface area contributed by atoms with Crippen molar-refractivity contribution in [3.05, 3.63) is 97.6 Å². The lowest BCUT2D eigenvalue weighted by Gasteiger charge is -2.47. The number of carbonyl (C=O) groups excluding carboxylic acids is 5. The zero-order valence-electron chi connectivity index (χ0n) is 37.0. The molecule has 1 aromatic heterocycles. The average Bonchev–Trinajstić information content (AvgIpc) is 3.87. The number of piperidine rings is 2. The fourth-order valence-electron chi connectivity index (χ4n) is 12.9. The second-order valence-corrected chi connectivity index (χ2v) is 20.3. The molecule has 4 aliphatic heterocycles. The molecule has 6 aliphatic rings. The highest BCUT2D eigenvalue weighted by molar-refractivity contribution is 6.31. The molecule has 4 atom stereocenters. The molecule has 3 saturated heterocycles. The van der Waals surface area contributed by atoms with E-state index >= 15 is 4.39 Å². The predicted molar refractivity (Wildman–Crippen MR) is 246 cm³/mol. The number of carbonyl (C=O) groups is 6. The third-order valence-electron chi connectivity index (χ3n) is 16.2. The monoisotopic (exact) mass is 955 g/mol. The Hall–Kier alpha value is -5.58. The van der Waals surface area contributed by atoms with Gasteiger partial charge in [0.1, 0.15) is 17.3 Å². The van der Waals surface area contributed by atoms with Gasteiger partial charge in [-0.05, 0) is 105 Å². The first-order chi connectivity index (χ1) is 32.1. The van der Waals surface area contributed by atoms with Crippen molar-refractivity contribution in [2.45, 2.75) is 124 Å². The highest BCUT2D eigenvalue weighted by Crippen LogP contribution is 2.63. The summed E-state index contributed by atoms with van der Waals surface area (Å²) < 4.78 is 19.1. The van der Waals surface area contributed by atoms with Crippen LogP contribution in [-0.2, 0) is 46.6 Å². The molecule has 2 unspecified atom stereocenters. The molecule has 5 heterocycles. The fraction of sp³-hybridized carbons (Fsp3) is 0.490. The van der Waals surface area contributed by atoms with Crippen molar-refractivity contribution in [3.8, 4) is 0 Å². The predicted octanol–water partition coefficient (Wildman–Crippen LogP) is 5.73. The Kier molecular flexibility index (Phi) is 11.4. The molecule has 18 heteroatoms. The molecule has 0 radical (unpaired) electrons. The summed E-state index contributed by atoms with van der Waals surface area (Å²) in [6.45, 7) is 0.411. The maximum atomic E-state index is 16.4. The average molecular weight is 957 g/mol. The van der Waals surface area contributed by atoms with E-state index in [9.17, 15) is 38.7 Å². The van der Waals surface area contributed by atoms with Gasteiger partial charge in [0.15, 0.2) is 0 Å². The lowest BCUT2D eigenvalue weighted by atomic mass is 9.55. The molecule has 2 aliphatic carbocycles. The largest absolute Gasteiger partial charge is 0.481 e. The first-order valence-corrected chi connectivity index (χ1v) is 24.1. The topological polar surface area (TPSA) is 201 Å². The van der Waals surface area contributed by atoms with Crippen molar-refractivity contribution in [2.75, 3.05) is 18.4 Å². The van der Waals surface area contributed by atoms with Crippen molar-refractivity contribution in [2.24, 2.45) is 13.0 Å². The Labute approximate surface area is 395 Å². The first-order valence-electron chi connectivity index (χ1n) is 23.3.